The van der Waals surface area contributed by atoms with E-state index in [9.17, 15) is 18.4 Å². The number of halogens is 2. The number of fused-ring (bicyclic) bond motifs is 2. The molecule has 6 rings (SSSR count). The van der Waals surface area contributed by atoms with Crippen molar-refractivity contribution in [3.8, 4) is 11.3 Å². The fraction of sp³-hybridized carbons (Fsp3) is 0.250. The molecule has 1 saturated heterocycles. The average molecular weight is 589 g/mol. The van der Waals surface area contributed by atoms with Crippen LogP contribution in [0.5, 0.6) is 0 Å². The molecule has 0 unspecified atom stereocenters. The van der Waals surface area contributed by atoms with Crippen LogP contribution in [0.15, 0.2) is 65.1 Å². The summed E-state index contributed by atoms with van der Waals surface area (Å²) < 4.78 is 36.3. The molecule has 7 nitrogen and oxygen atoms in total. The van der Waals surface area contributed by atoms with Gasteiger partial charge in [-0.05, 0) is 66.9 Å². The number of H-pyrrole nitrogens is 1. The van der Waals surface area contributed by atoms with Crippen molar-refractivity contribution in [3.05, 3.63) is 89.1 Å². The summed E-state index contributed by atoms with van der Waals surface area (Å²) >= 11 is 1.54. The van der Waals surface area contributed by atoms with E-state index in [0.29, 0.717) is 57.5 Å². The zero-order chi connectivity index (χ0) is 29.5. The van der Waals surface area contributed by atoms with E-state index < -0.39 is 0 Å². The number of nitrogens with zero attached hydrogens (tertiary/aromatic N) is 2. The highest BCUT2D eigenvalue weighted by atomic mass is 32.2. The Morgan fingerprint density at radius 2 is 1.88 bits per heavy atom. The lowest BCUT2D eigenvalue weighted by Crippen LogP contribution is -2.39. The van der Waals surface area contributed by atoms with Gasteiger partial charge in [-0.15, -0.1) is 0 Å². The van der Waals surface area contributed by atoms with E-state index in [1.54, 1.807) is 49.3 Å². The normalized spacial score (nSPS) is 15.4. The molecule has 2 N–H and O–H groups in total. The Bertz CT molecular complexity index is 1810. The second-order valence-corrected chi connectivity index (χ2v) is 11.4. The number of benzene rings is 3. The molecule has 1 aliphatic heterocycles. The summed E-state index contributed by atoms with van der Waals surface area (Å²) in [6, 6.07) is 16.1. The van der Waals surface area contributed by atoms with Crippen LogP contribution in [0, 0.1) is 11.6 Å². The van der Waals surface area contributed by atoms with Crippen molar-refractivity contribution in [2.45, 2.75) is 18.8 Å². The van der Waals surface area contributed by atoms with Gasteiger partial charge in [0, 0.05) is 67.3 Å². The van der Waals surface area contributed by atoms with Crippen molar-refractivity contribution >= 4 is 51.3 Å². The standard InChI is InChI=1S/C32H30F2N4O3S/c1-35-31(39)29-23-14-21(27(37(2)42-3)16-28(23)41-30(29)18-9-11-20(33)12-10-18)19-6-5-13-38(17-19)32(40)26-15-22-24(34)7-4-8-25(22)36-26/h4,7-12,14-16,19,36H,5-6,13,17H2,1-3H3,(H,35,39)/t19-/m0/s1. The lowest BCUT2D eigenvalue weighted by molar-refractivity contribution is 0.0702. The molecule has 3 heterocycles. The third-order valence-electron chi connectivity index (χ3n) is 8.00. The maximum absolute atomic E-state index is 14.3. The third kappa shape index (κ3) is 4.89. The zero-order valence-corrected chi connectivity index (χ0v) is 24.3. The zero-order valence-electron chi connectivity index (χ0n) is 23.5. The van der Waals surface area contributed by atoms with Gasteiger partial charge in [0.05, 0.1) is 11.3 Å². The Balaban J connectivity index is 1.42. The van der Waals surface area contributed by atoms with Crippen LogP contribution in [0.3, 0.4) is 0 Å². The number of hydrogen-bond donors (Lipinski definition) is 2. The number of carbonyl (C=O) groups excluding carboxylic acids is 2. The third-order valence-corrected chi connectivity index (χ3v) is 8.75. The van der Waals surface area contributed by atoms with Gasteiger partial charge in [0.15, 0.2) is 0 Å². The minimum Gasteiger partial charge on any atom is -0.455 e. The van der Waals surface area contributed by atoms with Gasteiger partial charge in [0.2, 0.25) is 0 Å². The van der Waals surface area contributed by atoms with E-state index >= 15 is 0 Å². The van der Waals surface area contributed by atoms with E-state index in [1.807, 2.05) is 34.6 Å². The van der Waals surface area contributed by atoms with Crippen LogP contribution >= 0.6 is 11.9 Å². The van der Waals surface area contributed by atoms with E-state index in [1.165, 1.54) is 18.2 Å². The number of nitrogens with one attached hydrogen (secondary N) is 2. The first-order valence-corrected chi connectivity index (χ1v) is 14.9. The Labute approximate surface area is 246 Å². The van der Waals surface area contributed by atoms with Crippen molar-refractivity contribution in [1.82, 2.24) is 15.2 Å². The van der Waals surface area contributed by atoms with Crippen molar-refractivity contribution in [1.29, 1.82) is 0 Å². The summed E-state index contributed by atoms with van der Waals surface area (Å²) in [5, 5.41) is 3.75. The summed E-state index contributed by atoms with van der Waals surface area (Å²) in [6.45, 7) is 1.06. The van der Waals surface area contributed by atoms with Gasteiger partial charge >= 0.3 is 0 Å². The summed E-state index contributed by atoms with van der Waals surface area (Å²) in [6.07, 6.45) is 3.62. The number of amides is 2. The molecule has 0 radical (unpaired) electrons. The van der Waals surface area contributed by atoms with Crippen molar-refractivity contribution in [3.63, 3.8) is 0 Å². The molecule has 5 aromatic rings. The molecule has 2 amide bonds. The number of carbonyl (C=O) groups is 2. The molecule has 0 bridgehead atoms. The molecule has 2 aromatic heterocycles. The molecule has 10 heteroatoms. The van der Waals surface area contributed by atoms with Gasteiger partial charge in [-0.25, -0.2) is 8.78 Å². The smallest absolute Gasteiger partial charge is 0.270 e. The van der Waals surface area contributed by atoms with Crippen LogP contribution in [0.2, 0.25) is 0 Å². The van der Waals surface area contributed by atoms with Crippen molar-refractivity contribution in [2.24, 2.45) is 0 Å². The van der Waals surface area contributed by atoms with E-state index in [2.05, 4.69) is 10.3 Å². The first kappa shape index (κ1) is 27.8. The van der Waals surface area contributed by atoms with Gasteiger partial charge in [-0.2, -0.15) is 0 Å². The van der Waals surface area contributed by atoms with Crippen LogP contribution in [0.25, 0.3) is 33.2 Å². The molecule has 1 aliphatic rings. The van der Waals surface area contributed by atoms with Crippen LogP contribution in [0.4, 0.5) is 14.5 Å². The molecule has 42 heavy (non-hydrogen) atoms. The highest BCUT2D eigenvalue weighted by Gasteiger charge is 2.31. The van der Waals surface area contributed by atoms with E-state index in [0.717, 1.165) is 24.1 Å². The minimum absolute atomic E-state index is 0.0143. The first-order chi connectivity index (χ1) is 20.3. The van der Waals surface area contributed by atoms with Gasteiger partial charge in [-0.1, -0.05) is 18.0 Å². The van der Waals surface area contributed by atoms with Crippen molar-refractivity contribution < 1.29 is 22.8 Å². The van der Waals surface area contributed by atoms with Crippen molar-refractivity contribution in [2.75, 3.05) is 37.7 Å². The second kappa shape index (κ2) is 11.2. The SMILES string of the molecule is CNC(=O)c1c(-c2ccc(F)cc2)oc2cc(N(C)SC)c([C@H]3CCCN(C(=O)c4cc5c(F)cccc5[nH]4)C3)cc12. The van der Waals surface area contributed by atoms with E-state index in [4.69, 9.17) is 4.42 Å². The number of piperidine rings is 1. The number of furan rings is 1. The van der Waals surface area contributed by atoms with Gasteiger partial charge in [-0.3, -0.25) is 9.59 Å². The largest absolute Gasteiger partial charge is 0.455 e. The Morgan fingerprint density at radius 1 is 1.10 bits per heavy atom. The highest BCUT2D eigenvalue weighted by Crippen LogP contribution is 2.42. The summed E-state index contributed by atoms with van der Waals surface area (Å²) in [5.74, 6) is -0.883. The number of likely N-dealkylation sites (tertiary alicyclic amines) is 1. The number of aromatic amines is 1. The monoisotopic (exact) mass is 588 g/mol. The van der Waals surface area contributed by atoms with Crippen LogP contribution in [-0.2, 0) is 0 Å². The molecule has 216 valence electrons. The molecule has 1 fully saturated rings. The Kier molecular flexibility index (Phi) is 7.40. The van der Waals surface area contributed by atoms with Crippen LogP contribution in [0.1, 0.15) is 45.2 Å². The number of anilines is 1. The summed E-state index contributed by atoms with van der Waals surface area (Å²) in [7, 11) is 3.52. The summed E-state index contributed by atoms with van der Waals surface area (Å²) in [4.78, 5) is 31.6. The van der Waals surface area contributed by atoms with Crippen LogP contribution in [-0.4, -0.2) is 55.1 Å². The average Bonchev–Trinajstić information content (AvgIpc) is 3.62. The van der Waals surface area contributed by atoms with Gasteiger partial charge in [0.1, 0.15) is 28.7 Å². The molecule has 3 aromatic carbocycles. The molecule has 0 saturated carbocycles. The van der Waals surface area contributed by atoms with Crippen LogP contribution < -0.4 is 9.62 Å². The highest BCUT2D eigenvalue weighted by molar-refractivity contribution is 7.99. The maximum Gasteiger partial charge on any atom is 0.270 e. The predicted octanol–water partition coefficient (Wildman–Crippen LogP) is 6.95. The Morgan fingerprint density at radius 3 is 2.60 bits per heavy atom. The van der Waals surface area contributed by atoms with Gasteiger partial charge < -0.3 is 23.9 Å². The lowest BCUT2D eigenvalue weighted by Gasteiger charge is -2.34. The fourth-order valence-corrected chi connectivity index (χ4v) is 6.18. The molecule has 0 aliphatic carbocycles. The van der Waals surface area contributed by atoms with Gasteiger partial charge in [0.25, 0.3) is 11.8 Å². The number of rotatable bonds is 6. The number of aromatic nitrogens is 1. The topological polar surface area (TPSA) is 81.6 Å². The Hall–Kier alpha value is -4.31. The maximum atomic E-state index is 14.3. The second-order valence-electron chi connectivity index (χ2n) is 10.5. The molecule has 0 spiro atoms. The first-order valence-electron chi connectivity index (χ1n) is 13.7. The minimum atomic E-state index is -0.378. The predicted molar refractivity (Wildman–Crippen MR) is 163 cm³/mol. The van der Waals surface area contributed by atoms with E-state index in [-0.39, 0.29) is 29.4 Å². The molecule has 1 atom stereocenters. The molecular formula is C32H30F2N4O3S. The fourth-order valence-electron chi connectivity index (χ4n) is 5.82. The summed E-state index contributed by atoms with van der Waals surface area (Å²) in [5.41, 5.74) is 4.37. The quantitative estimate of drug-likeness (QED) is 0.210. The molecular weight excluding hydrogens is 558 g/mol. The number of hydrogen-bond acceptors (Lipinski definition) is 5. The lowest BCUT2D eigenvalue weighted by atomic mass is 9.88.